The molecule has 0 amide bonds. The van der Waals surface area contributed by atoms with Crippen molar-refractivity contribution in [2.45, 2.75) is 38.5 Å². The maximum absolute atomic E-state index is 5.34. The van der Waals surface area contributed by atoms with Crippen LogP contribution in [0.3, 0.4) is 0 Å². The lowest BCUT2D eigenvalue weighted by Crippen LogP contribution is -2.39. The van der Waals surface area contributed by atoms with E-state index in [2.05, 4.69) is 17.2 Å². The molecule has 116 valence electrons. The molecule has 1 heterocycles. The molecule has 4 heteroatoms. The van der Waals surface area contributed by atoms with E-state index in [9.17, 15) is 0 Å². The van der Waals surface area contributed by atoms with Gasteiger partial charge in [-0.05, 0) is 30.9 Å². The average molecular weight is 289 g/mol. The second-order valence-electron chi connectivity index (χ2n) is 5.62. The Morgan fingerprint density at radius 3 is 2.90 bits per heavy atom. The fourth-order valence-corrected chi connectivity index (χ4v) is 2.69. The van der Waals surface area contributed by atoms with Gasteiger partial charge in [0.2, 0.25) is 0 Å². The van der Waals surface area contributed by atoms with Gasteiger partial charge in [0.25, 0.3) is 0 Å². The predicted molar refractivity (Wildman–Crippen MR) is 87.5 cm³/mol. The molecule has 1 saturated carbocycles. The van der Waals surface area contributed by atoms with Crippen LogP contribution >= 0.6 is 0 Å². The molecule has 4 nitrogen and oxygen atoms in total. The van der Waals surface area contributed by atoms with E-state index in [1.54, 1.807) is 6.26 Å². The van der Waals surface area contributed by atoms with Crippen molar-refractivity contribution in [2.24, 2.45) is 10.9 Å². The molecule has 0 aromatic carbocycles. The molecule has 1 aromatic heterocycles. The van der Waals surface area contributed by atoms with Crippen molar-refractivity contribution in [3.8, 4) is 0 Å². The van der Waals surface area contributed by atoms with E-state index >= 15 is 0 Å². The molecule has 0 saturated heterocycles. The molecule has 0 spiro atoms. The second kappa shape index (κ2) is 9.27. The van der Waals surface area contributed by atoms with Gasteiger partial charge >= 0.3 is 0 Å². The summed E-state index contributed by atoms with van der Waals surface area (Å²) < 4.78 is 5.34. The molecule has 1 aliphatic carbocycles. The minimum absolute atomic E-state index is 0.733. The number of hydrogen-bond donors (Lipinski definition) is 2. The molecule has 0 atom stereocenters. The monoisotopic (exact) mass is 289 g/mol. The number of aliphatic imine (C=N–C) groups is 1. The molecular formula is C17H27N3O. The van der Waals surface area contributed by atoms with Crippen LogP contribution in [0.4, 0.5) is 0 Å². The van der Waals surface area contributed by atoms with Crippen molar-refractivity contribution in [3.63, 3.8) is 0 Å². The third-order valence-electron chi connectivity index (χ3n) is 3.89. The van der Waals surface area contributed by atoms with Crippen molar-refractivity contribution < 1.29 is 4.42 Å². The molecular weight excluding hydrogens is 262 g/mol. The Bertz CT molecular complexity index is 419. The highest BCUT2D eigenvalue weighted by Gasteiger charge is 2.12. The Balaban J connectivity index is 1.76. The van der Waals surface area contributed by atoms with Gasteiger partial charge in [-0.15, -0.1) is 6.58 Å². The van der Waals surface area contributed by atoms with Crippen LogP contribution < -0.4 is 10.6 Å². The number of nitrogens with zero attached hydrogens (tertiary/aromatic N) is 1. The number of nitrogens with one attached hydrogen (secondary N) is 2. The lowest BCUT2D eigenvalue weighted by atomic mass is 9.89. The lowest BCUT2D eigenvalue weighted by Gasteiger charge is -2.20. The minimum atomic E-state index is 0.733. The van der Waals surface area contributed by atoms with Crippen molar-refractivity contribution in [2.75, 3.05) is 19.6 Å². The summed E-state index contributed by atoms with van der Waals surface area (Å²) >= 11 is 0. The van der Waals surface area contributed by atoms with Crippen LogP contribution in [0.25, 0.3) is 0 Å². The molecule has 1 aromatic rings. The zero-order chi connectivity index (χ0) is 14.8. The van der Waals surface area contributed by atoms with E-state index in [-0.39, 0.29) is 0 Å². The van der Waals surface area contributed by atoms with Gasteiger partial charge in [-0.1, -0.05) is 25.3 Å². The lowest BCUT2D eigenvalue weighted by molar-refractivity contribution is 0.366. The van der Waals surface area contributed by atoms with E-state index in [0.29, 0.717) is 0 Å². The third-order valence-corrected chi connectivity index (χ3v) is 3.89. The largest absolute Gasteiger partial charge is 0.469 e. The summed E-state index contributed by atoms with van der Waals surface area (Å²) in [5, 5.41) is 6.64. The maximum Gasteiger partial charge on any atom is 0.191 e. The summed E-state index contributed by atoms with van der Waals surface area (Å²) in [4.78, 5) is 4.72. The SMILES string of the molecule is C=CCNC(=NCC1CCCCC1)NCCc1ccco1. The zero-order valence-corrected chi connectivity index (χ0v) is 12.8. The van der Waals surface area contributed by atoms with Crippen molar-refractivity contribution in [1.29, 1.82) is 0 Å². The number of guanidine groups is 1. The quantitative estimate of drug-likeness (QED) is 0.460. The fourth-order valence-electron chi connectivity index (χ4n) is 2.69. The fraction of sp³-hybridized carbons (Fsp3) is 0.588. The molecule has 2 N–H and O–H groups in total. The Morgan fingerprint density at radius 2 is 2.19 bits per heavy atom. The summed E-state index contributed by atoms with van der Waals surface area (Å²) in [6, 6.07) is 3.92. The van der Waals surface area contributed by atoms with Gasteiger partial charge < -0.3 is 15.1 Å². The first-order valence-corrected chi connectivity index (χ1v) is 8.04. The molecule has 1 fully saturated rings. The van der Waals surface area contributed by atoms with E-state index in [0.717, 1.165) is 43.7 Å². The molecule has 1 aliphatic rings. The van der Waals surface area contributed by atoms with E-state index in [1.807, 2.05) is 18.2 Å². The van der Waals surface area contributed by atoms with Crippen LogP contribution in [0.1, 0.15) is 37.9 Å². The van der Waals surface area contributed by atoms with Crippen LogP contribution in [0.15, 0.2) is 40.5 Å². The predicted octanol–water partition coefficient (Wildman–Crippen LogP) is 3.12. The second-order valence-corrected chi connectivity index (χ2v) is 5.62. The average Bonchev–Trinajstić information content (AvgIpc) is 3.04. The van der Waals surface area contributed by atoms with Crippen LogP contribution in [0.2, 0.25) is 0 Å². The van der Waals surface area contributed by atoms with Gasteiger partial charge in [0.15, 0.2) is 5.96 Å². The van der Waals surface area contributed by atoms with Crippen LogP contribution in [0.5, 0.6) is 0 Å². The van der Waals surface area contributed by atoms with Gasteiger partial charge in [-0.2, -0.15) is 0 Å². The van der Waals surface area contributed by atoms with Gasteiger partial charge in [0.1, 0.15) is 5.76 Å². The van der Waals surface area contributed by atoms with Gasteiger partial charge in [0.05, 0.1) is 6.26 Å². The Labute approximate surface area is 127 Å². The van der Waals surface area contributed by atoms with E-state index in [4.69, 9.17) is 9.41 Å². The summed E-state index contributed by atoms with van der Waals surface area (Å²) in [6.07, 6.45) is 11.2. The van der Waals surface area contributed by atoms with E-state index < -0.39 is 0 Å². The molecule has 0 unspecified atom stereocenters. The topological polar surface area (TPSA) is 49.6 Å². The Kier molecular flexibility index (Phi) is 6.92. The first-order valence-electron chi connectivity index (χ1n) is 8.04. The third kappa shape index (κ3) is 6.06. The normalized spacial score (nSPS) is 16.7. The molecule has 2 rings (SSSR count). The highest BCUT2D eigenvalue weighted by Crippen LogP contribution is 2.23. The summed E-state index contributed by atoms with van der Waals surface area (Å²) in [7, 11) is 0. The molecule has 0 aliphatic heterocycles. The van der Waals surface area contributed by atoms with E-state index in [1.165, 1.54) is 32.1 Å². The summed E-state index contributed by atoms with van der Waals surface area (Å²) in [6.45, 7) is 6.22. The standard InChI is InChI=1S/C17H27N3O/c1-2-11-18-17(19-12-10-16-9-6-13-21-16)20-14-15-7-4-3-5-8-15/h2,6,9,13,15H,1,3-5,7-8,10-12,14H2,(H2,18,19,20). The first kappa shape index (κ1) is 15.7. The zero-order valence-electron chi connectivity index (χ0n) is 12.8. The molecule has 0 bridgehead atoms. The smallest absolute Gasteiger partial charge is 0.191 e. The summed E-state index contributed by atoms with van der Waals surface area (Å²) in [5.74, 6) is 2.64. The molecule has 0 radical (unpaired) electrons. The van der Waals surface area contributed by atoms with Crippen LogP contribution in [-0.2, 0) is 6.42 Å². The maximum atomic E-state index is 5.34. The Hall–Kier alpha value is -1.71. The van der Waals surface area contributed by atoms with Crippen molar-refractivity contribution in [1.82, 2.24) is 10.6 Å². The highest BCUT2D eigenvalue weighted by atomic mass is 16.3. The van der Waals surface area contributed by atoms with Gasteiger partial charge in [0, 0.05) is 26.1 Å². The number of furan rings is 1. The Morgan fingerprint density at radius 1 is 1.33 bits per heavy atom. The van der Waals surface area contributed by atoms with Crippen LogP contribution in [0, 0.1) is 5.92 Å². The van der Waals surface area contributed by atoms with Crippen molar-refractivity contribution in [3.05, 3.63) is 36.8 Å². The number of hydrogen-bond acceptors (Lipinski definition) is 2. The van der Waals surface area contributed by atoms with Gasteiger partial charge in [-0.3, -0.25) is 4.99 Å². The minimum Gasteiger partial charge on any atom is -0.469 e. The van der Waals surface area contributed by atoms with Gasteiger partial charge in [-0.25, -0.2) is 0 Å². The van der Waals surface area contributed by atoms with Crippen molar-refractivity contribution >= 4 is 5.96 Å². The molecule has 21 heavy (non-hydrogen) atoms. The first-order chi connectivity index (χ1) is 10.4. The number of rotatable bonds is 7. The summed E-state index contributed by atoms with van der Waals surface area (Å²) in [5.41, 5.74) is 0. The highest BCUT2D eigenvalue weighted by molar-refractivity contribution is 5.79. The van der Waals surface area contributed by atoms with Crippen LogP contribution in [-0.4, -0.2) is 25.6 Å².